The van der Waals surface area contributed by atoms with E-state index in [1.54, 1.807) is 13.2 Å². The van der Waals surface area contributed by atoms with Crippen molar-refractivity contribution in [2.45, 2.75) is 43.3 Å². The zero-order chi connectivity index (χ0) is 25.6. The van der Waals surface area contributed by atoms with Gasteiger partial charge in [-0.25, -0.2) is 9.18 Å². The molecule has 10 heteroatoms. The number of nitrogens with zero attached hydrogens (tertiary/aromatic N) is 2. The quantitative estimate of drug-likeness (QED) is 0.495. The SMILES string of the molecule is Cc1ccccc1C(C)OC(=O)Nc1c(C#CC2=CC3SC(C4(C(=O)O)CC4)=C(F)C3S2)cnn1C. The van der Waals surface area contributed by atoms with Crippen molar-refractivity contribution < 1.29 is 23.8 Å². The highest BCUT2D eigenvalue weighted by Gasteiger charge is 2.59. The zero-order valence-electron chi connectivity index (χ0n) is 19.9. The van der Waals surface area contributed by atoms with E-state index < -0.39 is 28.8 Å². The number of carboxylic acids is 1. The molecular weight excluding hydrogens is 501 g/mol. The predicted octanol–water partition coefficient (Wildman–Crippen LogP) is 5.55. The van der Waals surface area contributed by atoms with E-state index in [1.165, 1.54) is 28.2 Å². The number of anilines is 1. The molecule has 1 aliphatic carbocycles. The van der Waals surface area contributed by atoms with Gasteiger partial charge in [0.2, 0.25) is 0 Å². The van der Waals surface area contributed by atoms with Crippen LogP contribution < -0.4 is 5.32 Å². The van der Waals surface area contributed by atoms with Gasteiger partial charge in [0.1, 0.15) is 23.2 Å². The molecule has 0 radical (unpaired) electrons. The second-order valence-electron chi connectivity index (χ2n) is 9.03. The fraction of sp³-hybridized carbons (Fsp3) is 0.346. The summed E-state index contributed by atoms with van der Waals surface area (Å²) in [4.78, 5) is 25.3. The normalized spacial score (nSPS) is 22.3. The summed E-state index contributed by atoms with van der Waals surface area (Å²) < 4.78 is 22.1. The number of amides is 1. The Labute approximate surface area is 216 Å². The highest BCUT2D eigenvalue weighted by Crippen LogP contribution is 2.64. The third-order valence-corrected chi connectivity index (χ3v) is 9.49. The van der Waals surface area contributed by atoms with Crippen LogP contribution in [0.5, 0.6) is 0 Å². The number of nitrogens with one attached hydrogen (secondary N) is 1. The van der Waals surface area contributed by atoms with E-state index in [4.69, 9.17) is 4.74 Å². The Bertz CT molecular complexity index is 1380. The summed E-state index contributed by atoms with van der Waals surface area (Å²) in [6, 6.07) is 7.71. The first kappa shape index (κ1) is 24.5. The van der Waals surface area contributed by atoms with Gasteiger partial charge in [-0.1, -0.05) is 36.1 Å². The standard InChI is InChI=1S/C26H24FN3O4S2/c1-14-6-4-5-7-18(14)15(2)34-25(33)29-23-16(13-28-30(23)3)8-9-17-12-19-21(35-17)20(27)22(36-19)26(10-11-26)24(31)32/h4-7,12-13,15,19,21H,10-11H2,1-3H3,(H,29,33)(H,31,32). The molecule has 0 spiro atoms. The Kier molecular flexibility index (Phi) is 6.39. The van der Waals surface area contributed by atoms with Crippen LogP contribution >= 0.6 is 23.5 Å². The van der Waals surface area contributed by atoms with Crippen LogP contribution in [0.2, 0.25) is 0 Å². The lowest BCUT2D eigenvalue weighted by Gasteiger charge is -2.16. The summed E-state index contributed by atoms with van der Waals surface area (Å²) in [5.74, 6) is 5.18. The van der Waals surface area contributed by atoms with Crippen molar-refractivity contribution in [2.24, 2.45) is 12.5 Å². The van der Waals surface area contributed by atoms with Crippen LogP contribution in [-0.4, -0.2) is 37.4 Å². The number of aryl methyl sites for hydroxylation is 2. The Morgan fingerprint density at radius 1 is 1.31 bits per heavy atom. The second-order valence-corrected chi connectivity index (χ2v) is 11.4. The number of allylic oxidation sites excluding steroid dienone is 1. The summed E-state index contributed by atoms with van der Waals surface area (Å²) in [5.41, 5.74) is 1.43. The molecule has 1 aromatic heterocycles. The van der Waals surface area contributed by atoms with Gasteiger partial charge in [-0.2, -0.15) is 5.10 Å². The molecule has 186 valence electrons. The van der Waals surface area contributed by atoms with E-state index in [0.29, 0.717) is 34.0 Å². The van der Waals surface area contributed by atoms with Gasteiger partial charge < -0.3 is 9.84 Å². The number of rotatable bonds is 5. The molecule has 2 aromatic rings. The monoisotopic (exact) mass is 525 g/mol. The Morgan fingerprint density at radius 3 is 2.72 bits per heavy atom. The zero-order valence-corrected chi connectivity index (χ0v) is 21.5. The Hall–Kier alpha value is -3.16. The lowest BCUT2D eigenvalue weighted by molar-refractivity contribution is -0.141. The highest BCUT2D eigenvalue weighted by molar-refractivity contribution is 8.09. The van der Waals surface area contributed by atoms with E-state index in [0.717, 1.165) is 11.1 Å². The first-order chi connectivity index (χ1) is 17.2. The van der Waals surface area contributed by atoms with E-state index in [9.17, 15) is 14.7 Å². The smallest absolute Gasteiger partial charge is 0.413 e. The van der Waals surface area contributed by atoms with Crippen LogP contribution in [-0.2, 0) is 16.6 Å². The summed E-state index contributed by atoms with van der Waals surface area (Å²) in [6.07, 6.45) is 3.35. The third kappa shape index (κ3) is 4.42. The van der Waals surface area contributed by atoms with Gasteiger partial charge >= 0.3 is 12.1 Å². The number of benzene rings is 1. The van der Waals surface area contributed by atoms with Crippen LogP contribution in [0.4, 0.5) is 15.0 Å². The number of carbonyl (C=O) groups excluding carboxylic acids is 1. The predicted molar refractivity (Wildman–Crippen MR) is 138 cm³/mol. The van der Waals surface area contributed by atoms with Crippen LogP contribution in [0.3, 0.4) is 0 Å². The molecule has 2 aliphatic heterocycles. The third-order valence-electron chi connectivity index (χ3n) is 6.57. The van der Waals surface area contributed by atoms with Gasteiger partial charge in [0, 0.05) is 17.2 Å². The second kappa shape index (κ2) is 9.37. The van der Waals surface area contributed by atoms with Crippen molar-refractivity contribution >= 4 is 41.4 Å². The minimum absolute atomic E-state index is 0.171. The first-order valence-electron chi connectivity index (χ1n) is 11.5. The van der Waals surface area contributed by atoms with Crippen LogP contribution in [0.15, 0.2) is 52.2 Å². The summed E-state index contributed by atoms with van der Waals surface area (Å²) in [5, 5.41) is 15.8. The van der Waals surface area contributed by atoms with E-state index in [2.05, 4.69) is 22.3 Å². The van der Waals surface area contributed by atoms with Gasteiger partial charge in [-0.3, -0.25) is 14.8 Å². The topological polar surface area (TPSA) is 93.4 Å². The number of carbonyl (C=O) groups is 2. The summed E-state index contributed by atoms with van der Waals surface area (Å²) in [6.45, 7) is 3.77. The number of hydrogen-bond acceptors (Lipinski definition) is 6. The van der Waals surface area contributed by atoms with Gasteiger partial charge in [-0.05, 0) is 43.9 Å². The molecule has 7 nitrogen and oxygen atoms in total. The average Bonchev–Trinajstić information content (AvgIpc) is 3.32. The molecule has 36 heavy (non-hydrogen) atoms. The van der Waals surface area contributed by atoms with Crippen LogP contribution in [0, 0.1) is 24.2 Å². The van der Waals surface area contributed by atoms with Crippen molar-refractivity contribution in [1.29, 1.82) is 0 Å². The van der Waals surface area contributed by atoms with Crippen molar-refractivity contribution in [3.63, 3.8) is 0 Å². The van der Waals surface area contributed by atoms with E-state index in [1.807, 2.05) is 44.2 Å². The lowest BCUT2D eigenvalue weighted by atomic mass is 10.1. The maximum atomic E-state index is 15.1. The molecule has 1 saturated carbocycles. The molecule has 5 rings (SSSR count). The molecule has 2 N–H and O–H groups in total. The lowest BCUT2D eigenvalue weighted by Crippen LogP contribution is -2.18. The molecule has 1 aromatic carbocycles. The van der Waals surface area contributed by atoms with Gasteiger partial charge in [-0.15, -0.1) is 23.5 Å². The fourth-order valence-corrected chi connectivity index (χ4v) is 7.38. The number of halogens is 1. The first-order valence-corrected chi connectivity index (χ1v) is 13.2. The molecule has 0 saturated heterocycles. The van der Waals surface area contributed by atoms with Gasteiger partial charge in [0.05, 0.1) is 21.9 Å². The van der Waals surface area contributed by atoms with Gasteiger partial charge in [0.25, 0.3) is 0 Å². The summed E-state index contributed by atoms with van der Waals surface area (Å²) >= 11 is 2.61. The molecule has 3 atom stereocenters. The number of aliphatic carboxylic acids is 1. The number of aromatic nitrogens is 2. The van der Waals surface area contributed by atoms with Crippen LogP contribution in [0.25, 0.3) is 0 Å². The number of hydrogen-bond donors (Lipinski definition) is 2. The fourth-order valence-electron chi connectivity index (χ4n) is 4.37. The molecule has 3 unspecified atom stereocenters. The Morgan fingerprint density at radius 2 is 2.06 bits per heavy atom. The minimum Gasteiger partial charge on any atom is -0.481 e. The summed E-state index contributed by atoms with van der Waals surface area (Å²) in [7, 11) is 1.69. The van der Waals surface area contributed by atoms with Crippen molar-refractivity contribution in [3.05, 3.63) is 68.9 Å². The van der Waals surface area contributed by atoms with Crippen molar-refractivity contribution in [1.82, 2.24) is 9.78 Å². The largest absolute Gasteiger partial charge is 0.481 e. The molecule has 0 bridgehead atoms. The number of ether oxygens (including phenoxy) is 1. The number of thioether (sulfide) groups is 2. The van der Waals surface area contributed by atoms with E-state index in [-0.39, 0.29) is 11.1 Å². The molecule has 1 amide bonds. The van der Waals surface area contributed by atoms with Crippen molar-refractivity contribution in [2.75, 3.05) is 5.32 Å². The molecular formula is C26H24FN3O4S2. The Balaban J connectivity index is 1.25. The molecule has 3 heterocycles. The van der Waals surface area contributed by atoms with Crippen LogP contribution in [0.1, 0.15) is 42.6 Å². The maximum absolute atomic E-state index is 15.1. The number of fused-ring (bicyclic) bond motifs is 1. The minimum atomic E-state index is -1.03. The number of carboxylic acid groups (broad SMARTS) is 1. The van der Waals surface area contributed by atoms with Crippen molar-refractivity contribution in [3.8, 4) is 11.8 Å². The molecule has 1 fully saturated rings. The van der Waals surface area contributed by atoms with Gasteiger partial charge in [0.15, 0.2) is 0 Å². The molecule has 3 aliphatic rings. The maximum Gasteiger partial charge on any atom is 0.413 e. The van der Waals surface area contributed by atoms with E-state index >= 15 is 4.39 Å². The average molecular weight is 526 g/mol. The highest BCUT2D eigenvalue weighted by atomic mass is 32.2.